The molecule has 0 saturated heterocycles. The predicted octanol–water partition coefficient (Wildman–Crippen LogP) is 15.5. The number of nitrogens with one attached hydrogen (secondary N) is 3. The Bertz CT molecular complexity index is 3700. The summed E-state index contributed by atoms with van der Waals surface area (Å²) in [6.45, 7) is 4.66. The van der Waals surface area contributed by atoms with Gasteiger partial charge in [0.1, 0.15) is 21.5 Å². The van der Waals surface area contributed by atoms with Crippen molar-refractivity contribution in [1.82, 2.24) is 15.3 Å². The van der Waals surface area contributed by atoms with Gasteiger partial charge in [0.25, 0.3) is 0 Å². The minimum Gasteiger partial charge on any atom is -0.508 e. The van der Waals surface area contributed by atoms with E-state index in [1.165, 1.54) is 28.7 Å². The molecule has 0 saturated carbocycles. The molecule has 0 radical (unpaired) electrons. The number of amides is 4. The van der Waals surface area contributed by atoms with Crippen LogP contribution in [0.4, 0.5) is 16.2 Å². The number of aryl methyl sites for hydroxylation is 2. The van der Waals surface area contributed by atoms with Gasteiger partial charge in [-0.25, -0.2) is 19.6 Å². The number of nitrogens with zero attached hydrogens (tertiary/aromatic N) is 2. The van der Waals surface area contributed by atoms with Gasteiger partial charge < -0.3 is 36.6 Å². The molecule has 0 aliphatic carbocycles. The zero-order valence-electron chi connectivity index (χ0n) is 43.0. The third-order valence-electron chi connectivity index (χ3n) is 12.2. The van der Waals surface area contributed by atoms with Crippen LogP contribution in [0.15, 0.2) is 176 Å². The SMILES string of the molecule is CCCCCNC(=O)Nc1ccc(O)cc1C.NC(=O)c1cc(Cl)c(OC(=O)c2ccc(-c3ccccc3)cc2)c(-c2nc3ccccc3s2)c1.O=C(CCc1ccccc1)Nc1cc(Cl)c(O)c(-c2nc3ccccc3s2)c1. The molecule has 4 amide bonds. The van der Waals surface area contributed by atoms with Crippen molar-refractivity contribution in [2.75, 3.05) is 17.2 Å². The van der Waals surface area contributed by atoms with Crippen LogP contribution in [-0.4, -0.2) is 50.5 Å². The maximum absolute atomic E-state index is 13.0. The number of nitrogens with two attached hydrogens (primary N) is 1. The lowest BCUT2D eigenvalue weighted by atomic mass is 10.0. The number of thiazole rings is 2. The Labute approximate surface area is 474 Å². The van der Waals surface area contributed by atoms with E-state index in [0.29, 0.717) is 51.8 Å². The molecule has 2 heterocycles. The topological polar surface area (TPSA) is 206 Å². The number of aromatic hydroxyl groups is 2. The van der Waals surface area contributed by atoms with E-state index in [-0.39, 0.29) is 44.8 Å². The van der Waals surface area contributed by atoms with Crippen LogP contribution in [0.2, 0.25) is 10.0 Å². The van der Waals surface area contributed by atoms with Crippen molar-refractivity contribution in [2.24, 2.45) is 5.73 Å². The zero-order valence-corrected chi connectivity index (χ0v) is 46.1. The minimum absolute atomic E-state index is 0.0389. The fourth-order valence-corrected chi connectivity index (χ4v) is 10.5. The standard InChI is InChI=1S/C27H17ClN2O3S.C22H17ClN2O2S.C13H20N2O2/c28-21-15-19(25(29)31)14-20(26-30-22-8-4-5-9-23(22)34-26)24(21)33-27(32)18-12-10-17(11-13-18)16-6-2-1-3-7-16;23-17-13-15(24-20(26)11-10-14-6-2-1-3-7-14)12-16(21(17)27)22-25-18-8-4-5-9-19(18)28-22;1-3-4-5-8-14-13(17)15-12-7-6-11(16)9-10(12)2/h1-15H,(H2,29,31);1-9,12-13,27H,10-11H2,(H,24,26);6-7,9,16H,3-5,8H2,1-2H3,(H2,14,15,17). The number of para-hydroxylation sites is 2. The van der Waals surface area contributed by atoms with Crippen molar-refractivity contribution in [3.05, 3.63) is 208 Å². The Kier molecular flexibility index (Phi) is 19.4. The predicted molar refractivity (Wildman–Crippen MR) is 320 cm³/mol. The third-order valence-corrected chi connectivity index (χ3v) is 14.9. The summed E-state index contributed by atoms with van der Waals surface area (Å²) in [5, 5.41) is 29.6. The fourth-order valence-electron chi connectivity index (χ4n) is 8.05. The molecule has 0 unspecified atom stereocenters. The second-order valence-electron chi connectivity index (χ2n) is 18.0. The van der Waals surface area contributed by atoms with Gasteiger partial charge in [0.05, 0.1) is 47.2 Å². The van der Waals surface area contributed by atoms with Gasteiger partial charge in [0.2, 0.25) is 11.8 Å². The number of halogens is 2. The summed E-state index contributed by atoms with van der Waals surface area (Å²) >= 11 is 15.5. The molecule has 400 valence electrons. The molecule has 7 N–H and O–H groups in total. The first kappa shape index (κ1) is 56.6. The van der Waals surface area contributed by atoms with Crippen LogP contribution in [0.1, 0.15) is 64.4 Å². The fraction of sp³-hybridized carbons (Fsp3) is 0.129. The summed E-state index contributed by atoms with van der Waals surface area (Å²) in [5.41, 5.74) is 13.9. The number of unbranched alkanes of at least 4 members (excludes halogenated alkanes) is 2. The molecule has 10 aromatic rings. The van der Waals surface area contributed by atoms with Crippen molar-refractivity contribution in [2.45, 2.75) is 46.0 Å². The molecule has 17 heteroatoms. The van der Waals surface area contributed by atoms with Crippen LogP contribution in [0, 0.1) is 6.92 Å². The highest BCUT2D eigenvalue weighted by atomic mass is 35.5. The smallest absolute Gasteiger partial charge is 0.343 e. The van der Waals surface area contributed by atoms with Gasteiger partial charge in [-0.05, 0) is 121 Å². The Hall–Kier alpha value is -8.60. The molecule has 0 aliphatic rings. The molecular formula is C62H54Cl2N6O7S2. The highest BCUT2D eigenvalue weighted by molar-refractivity contribution is 7.22. The molecule has 8 aromatic carbocycles. The summed E-state index contributed by atoms with van der Waals surface area (Å²) in [4.78, 5) is 57.9. The van der Waals surface area contributed by atoms with Gasteiger partial charge in [0, 0.05) is 29.9 Å². The number of urea groups is 1. The van der Waals surface area contributed by atoms with E-state index in [0.717, 1.165) is 67.6 Å². The summed E-state index contributed by atoms with van der Waals surface area (Å²) in [7, 11) is 0. The zero-order chi connectivity index (χ0) is 55.8. The number of ether oxygens (including phenoxy) is 1. The molecule has 2 aromatic heterocycles. The lowest BCUT2D eigenvalue weighted by Crippen LogP contribution is -2.29. The lowest BCUT2D eigenvalue weighted by molar-refractivity contribution is -0.116. The molecule has 0 atom stereocenters. The molecule has 13 nitrogen and oxygen atoms in total. The van der Waals surface area contributed by atoms with Crippen LogP contribution in [0.5, 0.6) is 17.2 Å². The second kappa shape index (κ2) is 27.1. The van der Waals surface area contributed by atoms with E-state index < -0.39 is 11.9 Å². The average Bonchev–Trinajstić information content (AvgIpc) is 4.13. The Morgan fingerprint density at radius 3 is 1.86 bits per heavy atom. The number of rotatable bonds is 15. The number of hydrogen-bond acceptors (Lipinski definition) is 11. The lowest BCUT2D eigenvalue weighted by Gasteiger charge is -2.12. The summed E-state index contributed by atoms with van der Waals surface area (Å²) < 4.78 is 7.71. The number of hydrogen-bond donors (Lipinski definition) is 6. The number of aromatic nitrogens is 2. The molecule has 0 aliphatic heterocycles. The second-order valence-corrected chi connectivity index (χ2v) is 20.9. The number of phenols is 2. The van der Waals surface area contributed by atoms with Crippen molar-refractivity contribution in [3.63, 3.8) is 0 Å². The number of carbonyl (C=O) groups excluding carboxylic acids is 4. The number of benzene rings is 8. The van der Waals surface area contributed by atoms with Gasteiger partial charge in [0.15, 0.2) is 5.75 Å². The van der Waals surface area contributed by atoms with E-state index in [2.05, 4.69) is 32.8 Å². The number of phenolic OH excluding ortho intramolecular Hbond substituents is 2. The highest BCUT2D eigenvalue weighted by Gasteiger charge is 2.22. The number of anilines is 2. The molecule has 0 spiro atoms. The number of carbonyl (C=O) groups is 4. The Morgan fingerprint density at radius 2 is 1.24 bits per heavy atom. The average molecular weight is 1130 g/mol. The monoisotopic (exact) mass is 1130 g/mol. The molecular weight excluding hydrogens is 1080 g/mol. The normalized spacial score (nSPS) is 10.7. The number of primary amides is 1. The van der Waals surface area contributed by atoms with Crippen molar-refractivity contribution in [1.29, 1.82) is 0 Å². The maximum Gasteiger partial charge on any atom is 0.343 e. The van der Waals surface area contributed by atoms with Crippen LogP contribution in [0.25, 0.3) is 52.7 Å². The van der Waals surface area contributed by atoms with Crippen LogP contribution < -0.4 is 26.4 Å². The first-order valence-electron chi connectivity index (χ1n) is 25.2. The van der Waals surface area contributed by atoms with E-state index in [1.807, 2.05) is 128 Å². The quantitative estimate of drug-likeness (QED) is 0.0250. The van der Waals surface area contributed by atoms with Crippen LogP contribution in [-0.2, 0) is 11.2 Å². The van der Waals surface area contributed by atoms with Crippen LogP contribution >= 0.6 is 45.9 Å². The van der Waals surface area contributed by atoms with E-state index in [9.17, 15) is 29.4 Å². The van der Waals surface area contributed by atoms with E-state index in [1.54, 1.807) is 48.5 Å². The van der Waals surface area contributed by atoms with Crippen molar-refractivity contribution >= 4 is 101 Å². The van der Waals surface area contributed by atoms with E-state index >= 15 is 0 Å². The number of fused-ring (bicyclic) bond motifs is 2. The van der Waals surface area contributed by atoms with Crippen molar-refractivity contribution in [3.8, 4) is 49.5 Å². The molecule has 79 heavy (non-hydrogen) atoms. The van der Waals surface area contributed by atoms with Crippen molar-refractivity contribution < 1.29 is 34.1 Å². The summed E-state index contributed by atoms with van der Waals surface area (Å²) in [6.07, 6.45) is 4.28. The van der Waals surface area contributed by atoms with Gasteiger partial charge in [-0.15, -0.1) is 22.7 Å². The summed E-state index contributed by atoms with van der Waals surface area (Å²) in [5.74, 6) is -1.03. The van der Waals surface area contributed by atoms with Gasteiger partial charge in [-0.3, -0.25) is 9.59 Å². The maximum atomic E-state index is 13.0. The Morgan fingerprint density at radius 1 is 0.633 bits per heavy atom. The van der Waals surface area contributed by atoms with E-state index in [4.69, 9.17) is 33.7 Å². The first-order valence-corrected chi connectivity index (χ1v) is 27.6. The Balaban J connectivity index is 0.000000165. The van der Waals surface area contributed by atoms with Crippen LogP contribution in [0.3, 0.4) is 0 Å². The molecule has 0 bridgehead atoms. The minimum atomic E-state index is -0.640. The summed E-state index contributed by atoms with van der Waals surface area (Å²) in [6, 6.07) is 53.1. The van der Waals surface area contributed by atoms with Gasteiger partial charge >= 0.3 is 12.0 Å². The highest BCUT2D eigenvalue weighted by Crippen LogP contribution is 2.43. The van der Waals surface area contributed by atoms with Gasteiger partial charge in [-0.2, -0.15) is 0 Å². The molecule has 0 fully saturated rings. The van der Waals surface area contributed by atoms with Gasteiger partial charge in [-0.1, -0.05) is 140 Å². The third kappa shape index (κ3) is 15.3. The molecule has 10 rings (SSSR count). The largest absolute Gasteiger partial charge is 0.508 e. The number of esters is 1. The first-order chi connectivity index (χ1) is 38.2.